The van der Waals surface area contributed by atoms with E-state index in [1.54, 1.807) is 31.4 Å². The number of hydrogen-bond acceptors (Lipinski definition) is 4. The summed E-state index contributed by atoms with van der Waals surface area (Å²) in [5.41, 5.74) is 1.19. The Hall–Kier alpha value is -2.38. The van der Waals surface area contributed by atoms with Crippen LogP contribution in [0, 0.1) is 5.92 Å². The van der Waals surface area contributed by atoms with Gasteiger partial charge in [-0.05, 0) is 48.6 Å². The van der Waals surface area contributed by atoms with Gasteiger partial charge in [0.15, 0.2) is 0 Å². The quantitative estimate of drug-likeness (QED) is 0.753. The molecule has 1 atom stereocenters. The first-order valence-electron chi connectivity index (χ1n) is 9.88. The zero-order valence-corrected chi connectivity index (χ0v) is 17.7. The van der Waals surface area contributed by atoms with Gasteiger partial charge >= 0.3 is 0 Å². The van der Waals surface area contributed by atoms with E-state index < -0.39 is 10.0 Å². The molecule has 156 valence electrons. The zero-order valence-electron chi connectivity index (χ0n) is 16.9. The third-order valence-electron chi connectivity index (χ3n) is 5.47. The Labute approximate surface area is 172 Å². The largest absolute Gasteiger partial charge is 0.497 e. The van der Waals surface area contributed by atoms with Gasteiger partial charge in [0.25, 0.3) is 0 Å². The molecular weight excluding hydrogens is 388 g/mol. The molecular formula is C22H28N2O4S. The molecule has 1 aliphatic heterocycles. The van der Waals surface area contributed by atoms with Gasteiger partial charge in [0.1, 0.15) is 5.75 Å². The third kappa shape index (κ3) is 5.16. The lowest BCUT2D eigenvalue weighted by Gasteiger charge is -2.30. The molecule has 6 nitrogen and oxygen atoms in total. The molecule has 0 radical (unpaired) electrons. The van der Waals surface area contributed by atoms with Gasteiger partial charge in [0.2, 0.25) is 15.9 Å². The molecule has 0 bridgehead atoms. The molecule has 1 N–H and O–H groups in total. The first-order valence-corrected chi connectivity index (χ1v) is 11.3. The number of sulfonamides is 1. The highest BCUT2D eigenvalue weighted by Gasteiger charge is 2.32. The van der Waals surface area contributed by atoms with Crippen molar-refractivity contribution < 1.29 is 17.9 Å². The van der Waals surface area contributed by atoms with E-state index in [4.69, 9.17) is 4.74 Å². The molecule has 0 aromatic heterocycles. The number of nitrogens with zero attached hydrogens (tertiary/aromatic N) is 1. The van der Waals surface area contributed by atoms with Crippen LogP contribution >= 0.6 is 0 Å². The molecule has 1 heterocycles. The number of amides is 1. The van der Waals surface area contributed by atoms with Crippen LogP contribution < -0.4 is 10.1 Å². The Balaban J connectivity index is 1.52. The molecule has 1 unspecified atom stereocenters. The standard InChI is InChI=1S/C22H28N2O4S/c1-17(18-6-4-3-5-7-18)16-23-22(25)19-12-14-24(15-13-19)29(26,27)21-10-8-20(28-2)9-11-21/h3-11,17,19H,12-16H2,1-2H3,(H,23,25). The predicted molar refractivity (Wildman–Crippen MR) is 112 cm³/mol. The molecule has 1 saturated heterocycles. The summed E-state index contributed by atoms with van der Waals surface area (Å²) in [5.74, 6) is 0.703. The van der Waals surface area contributed by atoms with Crippen molar-refractivity contribution in [1.82, 2.24) is 9.62 Å². The molecule has 1 fully saturated rings. The van der Waals surface area contributed by atoms with E-state index in [0.717, 1.165) is 0 Å². The van der Waals surface area contributed by atoms with Gasteiger partial charge < -0.3 is 10.1 Å². The highest BCUT2D eigenvalue weighted by Crippen LogP contribution is 2.25. The zero-order chi connectivity index (χ0) is 20.9. The topological polar surface area (TPSA) is 75.7 Å². The molecule has 7 heteroatoms. The van der Waals surface area contributed by atoms with Crippen LogP contribution in [0.5, 0.6) is 5.75 Å². The van der Waals surface area contributed by atoms with Gasteiger partial charge in [0, 0.05) is 25.6 Å². The molecule has 2 aromatic carbocycles. The Kier molecular flexibility index (Phi) is 6.92. The number of benzene rings is 2. The summed E-state index contributed by atoms with van der Waals surface area (Å²) in [6.45, 7) is 3.36. The van der Waals surface area contributed by atoms with Gasteiger partial charge in [-0.1, -0.05) is 37.3 Å². The number of rotatable bonds is 7. The average molecular weight is 417 g/mol. The third-order valence-corrected chi connectivity index (χ3v) is 7.39. The molecule has 0 saturated carbocycles. The maximum absolute atomic E-state index is 12.8. The molecule has 1 aliphatic rings. The number of carbonyl (C=O) groups excluding carboxylic acids is 1. The molecule has 0 aliphatic carbocycles. The molecule has 3 rings (SSSR count). The maximum atomic E-state index is 12.8. The summed E-state index contributed by atoms with van der Waals surface area (Å²) < 4.78 is 32.2. The SMILES string of the molecule is COc1ccc(S(=O)(=O)N2CCC(C(=O)NCC(C)c3ccccc3)CC2)cc1. The van der Waals surface area contributed by atoms with Crippen LogP contribution in [-0.4, -0.2) is 45.4 Å². The Morgan fingerprint density at radius 2 is 1.72 bits per heavy atom. The van der Waals surface area contributed by atoms with Gasteiger partial charge in [-0.3, -0.25) is 4.79 Å². The summed E-state index contributed by atoms with van der Waals surface area (Å²) in [6, 6.07) is 16.5. The number of nitrogens with one attached hydrogen (secondary N) is 1. The van der Waals surface area contributed by atoms with E-state index in [0.29, 0.717) is 38.2 Å². The Morgan fingerprint density at radius 1 is 1.10 bits per heavy atom. The number of ether oxygens (including phenoxy) is 1. The van der Waals surface area contributed by atoms with Gasteiger partial charge in [-0.2, -0.15) is 4.31 Å². The number of methoxy groups -OCH3 is 1. The lowest BCUT2D eigenvalue weighted by atomic mass is 9.96. The monoisotopic (exact) mass is 416 g/mol. The van der Waals surface area contributed by atoms with Crippen LogP contribution in [0.2, 0.25) is 0 Å². The molecule has 1 amide bonds. The highest BCUT2D eigenvalue weighted by atomic mass is 32.2. The smallest absolute Gasteiger partial charge is 0.243 e. The van der Waals surface area contributed by atoms with E-state index in [9.17, 15) is 13.2 Å². The van der Waals surface area contributed by atoms with Crippen LogP contribution in [0.4, 0.5) is 0 Å². The average Bonchev–Trinajstić information content (AvgIpc) is 2.78. The lowest BCUT2D eigenvalue weighted by Crippen LogP contribution is -2.43. The van der Waals surface area contributed by atoms with Crippen LogP contribution in [0.1, 0.15) is 31.2 Å². The van der Waals surface area contributed by atoms with E-state index in [2.05, 4.69) is 24.4 Å². The van der Waals surface area contributed by atoms with E-state index >= 15 is 0 Å². The first-order chi connectivity index (χ1) is 13.9. The van der Waals surface area contributed by atoms with Crippen molar-refractivity contribution in [2.24, 2.45) is 5.92 Å². The minimum absolute atomic E-state index is 0.00859. The van der Waals surface area contributed by atoms with Gasteiger partial charge in [-0.15, -0.1) is 0 Å². The molecule has 2 aromatic rings. The van der Waals surface area contributed by atoms with Gasteiger partial charge in [0.05, 0.1) is 12.0 Å². The lowest BCUT2D eigenvalue weighted by molar-refractivity contribution is -0.126. The van der Waals surface area contributed by atoms with Crippen molar-refractivity contribution in [3.8, 4) is 5.75 Å². The van der Waals surface area contributed by atoms with Crippen molar-refractivity contribution in [1.29, 1.82) is 0 Å². The second kappa shape index (κ2) is 9.41. The Bertz CT molecular complexity index is 906. The molecule has 0 spiro atoms. The summed E-state index contributed by atoms with van der Waals surface area (Å²) >= 11 is 0. The highest BCUT2D eigenvalue weighted by molar-refractivity contribution is 7.89. The first kappa shape index (κ1) is 21.3. The van der Waals surface area contributed by atoms with Crippen molar-refractivity contribution >= 4 is 15.9 Å². The Morgan fingerprint density at radius 3 is 2.31 bits per heavy atom. The van der Waals surface area contributed by atoms with Crippen molar-refractivity contribution in [3.05, 3.63) is 60.2 Å². The second-order valence-corrected chi connectivity index (χ2v) is 9.35. The minimum Gasteiger partial charge on any atom is -0.497 e. The van der Waals surface area contributed by atoms with Crippen molar-refractivity contribution in [2.45, 2.75) is 30.6 Å². The minimum atomic E-state index is -3.55. The van der Waals surface area contributed by atoms with Crippen LogP contribution in [0.25, 0.3) is 0 Å². The van der Waals surface area contributed by atoms with Crippen molar-refractivity contribution in [2.75, 3.05) is 26.7 Å². The maximum Gasteiger partial charge on any atom is 0.243 e. The fourth-order valence-corrected chi connectivity index (χ4v) is 5.02. The number of piperidine rings is 1. The van der Waals surface area contributed by atoms with Crippen molar-refractivity contribution in [3.63, 3.8) is 0 Å². The molecule has 29 heavy (non-hydrogen) atoms. The number of hydrogen-bond donors (Lipinski definition) is 1. The second-order valence-electron chi connectivity index (χ2n) is 7.41. The fourth-order valence-electron chi connectivity index (χ4n) is 3.55. The summed E-state index contributed by atoms with van der Waals surface area (Å²) in [5, 5.41) is 3.03. The summed E-state index contributed by atoms with van der Waals surface area (Å²) in [6.07, 6.45) is 1.06. The number of carbonyl (C=O) groups is 1. The van der Waals surface area contributed by atoms with E-state index in [1.807, 2.05) is 18.2 Å². The van der Waals surface area contributed by atoms with E-state index in [-0.39, 0.29) is 22.6 Å². The fraction of sp³-hybridized carbons (Fsp3) is 0.409. The normalized spacial score (nSPS) is 16.9. The van der Waals surface area contributed by atoms with Crippen LogP contribution in [-0.2, 0) is 14.8 Å². The van der Waals surface area contributed by atoms with Crippen LogP contribution in [0.3, 0.4) is 0 Å². The summed E-state index contributed by atoms with van der Waals surface area (Å²) in [7, 11) is -2.01. The van der Waals surface area contributed by atoms with Gasteiger partial charge in [-0.25, -0.2) is 8.42 Å². The van der Waals surface area contributed by atoms with Crippen LogP contribution in [0.15, 0.2) is 59.5 Å². The predicted octanol–water partition coefficient (Wildman–Crippen LogP) is 3.02. The van der Waals surface area contributed by atoms with E-state index in [1.165, 1.54) is 9.87 Å². The summed E-state index contributed by atoms with van der Waals surface area (Å²) in [4.78, 5) is 12.8.